The SMILES string of the molecule is Cc1cc(-c2sc(N3CCOCC3)nc2CNC(=O)CC2CC2)cc(C)n1. The number of nitrogens with zero attached hydrogens (tertiary/aromatic N) is 3. The van der Waals surface area contributed by atoms with E-state index in [9.17, 15) is 4.79 Å². The van der Waals surface area contributed by atoms with E-state index in [1.54, 1.807) is 11.3 Å². The van der Waals surface area contributed by atoms with Crippen LogP contribution in [0.2, 0.25) is 0 Å². The van der Waals surface area contributed by atoms with Gasteiger partial charge in [0.2, 0.25) is 5.91 Å². The molecule has 1 saturated heterocycles. The largest absolute Gasteiger partial charge is 0.378 e. The number of morpholine rings is 1. The number of hydrogen-bond acceptors (Lipinski definition) is 6. The number of hydrogen-bond donors (Lipinski definition) is 1. The Labute approximate surface area is 164 Å². The Morgan fingerprint density at radius 2 is 1.93 bits per heavy atom. The molecule has 6 nitrogen and oxygen atoms in total. The molecule has 4 rings (SSSR count). The van der Waals surface area contributed by atoms with E-state index in [2.05, 4.69) is 27.3 Å². The zero-order valence-corrected chi connectivity index (χ0v) is 16.8. The van der Waals surface area contributed by atoms with Crippen LogP contribution >= 0.6 is 11.3 Å². The van der Waals surface area contributed by atoms with Crippen LogP contribution in [-0.2, 0) is 16.1 Å². The number of aryl methyl sites for hydroxylation is 2. The number of ether oxygens (including phenoxy) is 1. The van der Waals surface area contributed by atoms with Gasteiger partial charge in [0.05, 0.1) is 30.3 Å². The van der Waals surface area contributed by atoms with Gasteiger partial charge in [-0.15, -0.1) is 0 Å². The molecule has 2 fully saturated rings. The molecule has 0 unspecified atom stereocenters. The highest BCUT2D eigenvalue weighted by Crippen LogP contribution is 2.36. The summed E-state index contributed by atoms with van der Waals surface area (Å²) < 4.78 is 5.47. The van der Waals surface area contributed by atoms with Crippen molar-refractivity contribution in [1.29, 1.82) is 0 Å². The second-order valence-corrected chi connectivity index (χ2v) is 8.41. The zero-order chi connectivity index (χ0) is 18.8. The summed E-state index contributed by atoms with van der Waals surface area (Å²) in [6, 6.07) is 4.19. The molecule has 0 aromatic carbocycles. The Kier molecular flexibility index (Phi) is 5.41. The minimum absolute atomic E-state index is 0.131. The second kappa shape index (κ2) is 7.94. The fourth-order valence-corrected chi connectivity index (χ4v) is 4.50. The number of thiazole rings is 1. The van der Waals surface area contributed by atoms with Gasteiger partial charge < -0.3 is 15.0 Å². The minimum atomic E-state index is 0.131. The van der Waals surface area contributed by atoms with Crippen LogP contribution in [0, 0.1) is 19.8 Å². The van der Waals surface area contributed by atoms with Crippen molar-refractivity contribution in [2.24, 2.45) is 5.92 Å². The lowest BCUT2D eigenvalue weighted by molar-refractivity contribution is -0.121. The van der Waals surface area contributed by atoms with Gasteiger partial charge in [-0.05, 0) is 50.3 Å². The van der Waals surface area contributed by atoms with Crippen molar-refractivity contribution in [1.82, 2.24) is 15.3 Å². The maximum absolute atomic E-state index is 12.2. The molecule has 1 aliphatic carbocycles. The van der Waals surface area contributed by atoms with Crippen molar-refractivity contribution >= 4 is 22.4 Å². The lowest BCUT2D eigenvalue weighted by Crippen LogP contribution is -2.36. The monoisotopic (exact) mass is 386 g/mol. The molecule has 7 heteroatoms. The van der Waals surface area contributed by atoms with Gasteiger partial charge in [0.25, 0.3) is 0 Å². The maximum Gasteiger partial charge on any atom is 0.220 e. The van der Waals surface area contributed by atoms with Crippen LogP contribution in [0.4, 0.5) is 5.13 Å². The Morgan fingerprint density at radius 1 is 1.22 bits per heavy atom. The average molecular weight is 387 g/mol. The Morgan fingerprint density at radius 3 is 2.59 bits per heavy atom. The van der Waals surface area contributed by atoms with Crippen molar-refractivity contribution in [3.05, 3.63) is 29.2 Å². The van der Waals surface area contributed by atoms with Crippen LogP contribution in [0.25, 0.3) is 10.4 Å². The first-order valence-corrected chi connectivity index (χ1v) is 10.4. The smallest absolute Gasteiger partial charge is 0.220 e. The van der Waals surface area contributed by atoms with Gasteiger partial charge in [-0.1, -0.05) is 11.3 Å². The van der Waals surface area contributed by atoms with Gasteiger partial charge in [0, 0.05) is 30.9 Å². The molecule has 27 heavy (non-hydrogen) atoms. The van der Waals surface area contributed by atoms with Crippen molar-refractivity contribution in [3.63, 3.8) is 0 Å². The van der Waals surface area contributed by atoms with Gasteiger partial charge in [-0.25, -0.2) is 4.98 Å². The molecule has 1 amide bonds. The molecule has 0 bridgehead atoms. The Bertz CT molecular complexity index is 805. The summed E-state index contributed by atoms with van der Waals surface area (Å²) in [5.74, 6) is 0.723. The molecule has 0 atom stereocenters. The first-order chi connectivity index (χ1) is 13.1. The van der Waals surface area contributed by atoms with Crippen molar-refractivity contribution < 1.29 is 9.53 Å². The van der Waals surface area contributed by atoms with Crippen LogP contribution in [0.1, 0.15) is 36.3 Å². The summed E-state index contributed by atoms with van der Waals surface area (Å²) in [4.78, 5) is 24.9. The molecular weight excluding hydrogens is 360 g/mol. The van der Waals surface area contributed by atoms with E-state index in [1.165, 1.54) is 12.8 Å². The fourth-order valence-electron chi connectivity index (χ4n) is 3.38. The van der Waals surface area contributed by atoms with E-state index in [0.29, 0.717) is 18.9 Å². The molecule has 144 valence electrons. The third-order valence-electron chi connectivity index (χ3n) is 4.94. The summed E-state index contributed by atoms with van der Waals surface area (Å²) in [5, 5.41) is 4.08. The Hall–Kier alpha value is -1.99. The summed E-state index contributed by atoms with van der Waals surface area (Å²) in [6.07, 6.45) is 3.02. The number of aromatic nitrogens is 2. The standard InChI is InChI=1S/C20H26N4O2S/c1-13-9-16(10-14(2)22-13)19-17(12-21-18(25)11-15-3-4-15)23-20(27-19)24-5-7-26-8-6-24/h9-10,15H,3-8,11-12H2,1-2H3,(H,21,25). The van der Waals surface area contributed by atoms with Crippen LogP contribution in [0.3, 0.4) is 0 Å². The quantitative estimate of drug-likeness (QED) is 0.826. The minimum Gasteiger partial charge on any atom is -0.378 e. The second-order valence-electron chi connectivity index (χ2n) is 7.43. The van der Waals surface area contributed by atoms with Gasteiger partial charge >= 0.3 is 0 Å². The Balaban J connectivity index is 1.59. The predicted molar refractivity (Wildman–Crippen MR) is 107 cm³/mol. The summed E-state index contributed by atoms with van der Waals surface area (Å²) >= 11 is 1.69. The van der Waals surface area contributed by atoms with Crippen molar-refractivity contribution in [2.45, 2.75) is 39.7 Å². The third-order valence-corrected chi connectivity index (χ3v) is 6.14. The lowest BCUT2D eigenvalue weighted by atomic mass is 10.1. The summed E-state index contributed by atoms with van der Waals surface area (Å²) in [5.41, 5.74) is 4.06. The van der Waals surface area contributed by atoms with Crippen LogP contribution in [0.5, 0.6) is 0 Å². The number of carbonyl (C=O) groups is 1. The van der Waals surface area contributed by atoms with Crippen molar-refractivity contribution in [3.8, 4) is 10.4 Å². The molecule has 2 aromatic heterocycles. The number of nitrogens with one attached hydrogen (secondary N) is 1. The maximum atomic E-state index is 12.2. The number of anilines is 1. The molecule has 1 saturated carbocycles. The van der Waals surface area contributed by atoms with Gasteiger partial charge in [0.1, 0.15) is 0 Å². The number of carbonyl (C=O) groups excluding carboxylic acids is 1. The van der Waals surface area contributed by atoms with Crippen LogP contribution in [-0.4, -0.2) is 42.2 Å². The molecule has 1 N–H and O–H groups in total. The van der Waals surface area contributed by atoms with E-state index in [1.807, 2.05) is 13.8 Å². The van der Waals surface area contributed by atoms with Crippen LogP contribution in [0.15, 0.2) is 12.1 Å². The highest BCUT2D eigenvalue weighted by Gasteiger charge is 2.25. The number of pyridine rings is 1. The molecule has 1 aliphatic heterocycles. The zero-order valence-electron chi connectivity index (χ0n) is 16.0. The molecule has 2 aromatic rings. The van der Waals surface area contributed by atoms with E-state index in [-0.39, 0.29) is 5.91 Å². The third kappa shape index (κ3) is 4.65. The highest BCUT2D eigenvalue weighted by molar-refractivity contribution is 7.19. The highest BCUT2D eigenvalue weighted by atomic mass is 32.1. The number of amides is 1. The summed E-state index contributed by atoms with van der Waals surface area (Å²) in [6.45, 7) is 7.67. The molecular formula is C20H26N4O2S. The van der Waals surface area contributed by atoms with E-state index >= 15 is 0 Å². The predicted octanol–water partition coefficient (Wildman–Crippen LogP) is 3.07. The molecule has 3 heterocycles. The summed E-state index contributed by atoms with van der Waals surface area (Å²) in [7, 11) is 0. The van der Waals surface area contributed by atoms with Gasteiger partial charge in [0.15, 0.2) is 5.13 Å². The lowest BCUT2D eigenvalue weighted by Gasteiger charge is -2.26. The van der Waals surface area contributed by atoms with Gasteiger partial charge in [-0.2, -0.15) is 0 Å². The van der Waals surface area contributed by atoms with E-state index < -0.39 is 0 Å². The van der Waals surface area contributed by atoms with Gasteiger partial charge in [-0.3, -0.25) is 9.78 Å². The number of rotatable bonds is 6. The van der Waals surface area contributed by atoms with Crippen molar-refractivity contribution in [2.75, 3.05) is 31.2 Å². The topological polar surface area (TPSA) is 67.3 Å². The van der Waals surface area contributed by atoms with Crippen LogP contribution < -0.4 is 10.2 Å². The molecule has 2 aliphatic rings. The normalized spacial score (nSPS) is 17.2. The first kappa shape index (κ1) is 18.4. The first-order valence-electron chi connectivity index (χ1n) is 9.63. The van der Waals surface area contributed by atoms with E-state index in [4.69, 9.17) is 9.72 Å². The van der Waals surface area contributed by atoms with E-state index in [0.717, 1.165) is 59.0 Å². The fraction of sp³-hybridized carbons (Fsp3) is 0.550. The average Bonchev–Trinajstić information content (AvgIpc) is 3.35. The molecule has 0 radical (unpaired) electrons. The molecule has 0 spiro atoms.